The molecule has 3 N–H and O–H groups in total. The number of aryl methyl sites for hydroxylation is 2. The predicted octanol–water partition coefficient (Wildman–Crippen LogP) is 2.26. The minimum Gasteiger partial charge on any atom is -0.382 e. The largest absolute Gasteiger partial charge is 0.382 e. The fraction of sp³-hybridized carbons (Fsp3) is 0.278. The van der Waals surface area contributed by atoms with E-state index in [0.717, 1.165) is 16.8 Å². The maximum Gasteiger partial charge on any atom is 0.233 e. The van der Waals surface area contributed by atoms with E-state index < -0.39 is 0 Å². The van der Waals surface area contributed by atoms with Gasteiger partial charge in [-0.15, -0.1) is 0 Å². The number of amides is 2. The van der Waals surface area contributed by atoms with Gasteiger partial charge in [0, 0.05) is 31.2 Å². The minimum absolute atomic E-state index is 0.195. The second-order valence-electron chi connectivity index (χ2n) is 5.62. The van der Waals surface area contributed by atoms with E-state index in [9.17, 15) is 9.59 Å². The summed E-state index contributed by atoms with van der Waals surface area (Å²) in [6, 6.07) is 9.50. The van der Waals surface area contributed by atoms with Crippen LogP contribution in [0, 0.1) is 13.8 Å². The van der Waals surface area contributed by atoms with E-state index in [-0.39, 0.29) is 18.2 Å². The topological polar surface area (TPSA) is 83.1 Å². The number of hydrogen-bond donors (Lipinski definition) is 3. The molecule has 1 aromatic carbocycles. The first kappa shape index (κ1) is 17.5. The summed E-state index contributed by atoms with van der Waals surface area (Å²) in [5.41, 5.74) is 3.73. The van der Waals surface area contributed by atoms with Gasteiger partial charge in [-0.05, 0) is 49.2 Å². The number of hydrogen-bond acceptors (Lipinski definition) is 4. The van der Waals surface area contributed by atoms with E-state index in [1.807, 2.05) is 44.2 Å². The lowest BCUT2D eigenvalue weighted by atomic mass is 10.1. The SMILES string of the molecule is Cc1cc(C)cc(NC(=O)CC(=O)NCCNc2cccnc2)c1. The third-order valence-electron chi connectivity index (χ3n) is 3.26. The van der Waals surface area contributed by atoms with Gasteiger partial charge in [0.05, 0.1) is 5.69 Å². The first-order valence-electron chi connectivity index (χ1n) is 7.81. The number of aromatic nitrogens is 1. The van der Waals surface area contributed by atoms with Crippen molar-refractivity contribution >= 4 is 23.2 Å². The number of nitrogens with zero attached hydrogens (tertiary/aromatic N) is 1. The molecular weight excluding hydrogens is 304 g/mol. The van der Waals surface area contributed by atoms with E-state index in [1.54, 1.807) is 12.4 Å². The van der Waals surface area contributed by atoms with Crippen LogP contribution in [-0.2, 0) is 9.59 Å². The van der Waals surface area contributed by atoms with Crippen molar-refractivity contribution in [3.05, 3.63) is 53.9 Å². The van der Waals surface area contributed by atoms with Crippen LogP contribution >= 0.6 is 0 Å². The Morgan fingerprint density at radius 1 is 1.00 bits per heavy atom. The maximum absolute atomic E-state index is 11.9. The Balaban J connectivity index is 1.69. The van der Waals surface area contributed by atoms with Crippen LogP contribution in [0.25, 0.3) is 0 Å². The highest BCUT2D eigenvalue weighted by atomic mass is 16.2. The van der Waals surface area contributed by atoms with E-state index >= 15 is 0 Å². The van der Waals surface area contributed by atoms with Gasteiger partial charge >= 0.3 is 0 Å². The van der Waals surface area contributed by atoms with E-state index in [0.29, 0.717) is 18.8 Å². The van der Waals surface area contributed by atoms with Crippen LogP contribution in [0.3, 0.4) is 0 Å². The van der Waals surface area contributed by atoms with Crippen LogP contribution in [-0.4, -0.2) is 29.9 Å². The number of anilines is 2. The van der Waals surface area contributed by atoms with E-state index in [2.05, 4.69) is 20.9 Å². The molecule has 0 aliphatic rings. The summed E-state index contributed by atoms with van der Waals surface area (Å²) in [6.45, 7) is 4.93. The summed E-state index contributed by atoms with van der Waals surface area (Å²) < 4.78 is 0. The van der Waals surface area contributed by atoms with Crippen LogP contribution in [0.5, 0.6) is 0 Å². The molecule has 0 aliphatic heterocycles. The van der Waals surface area contributed by atoms with Gasteiger partial charge in [0.1, 0.15) is 6.42 Å². The summed E-state index contributed by atoms with van der Waals surface area (Å²) in [6.07, 6.45) is 3.21. The molecule has 1 aromatic heterocycles. The van der Waals surface area contributed by atoms with Crippen molar-refractivity contribution in [2.75, 3.05) is 23.7 Å². The normalized spacial score (nSPS) is 10.1. The first-order chi connectivity index (χ1) is 11.5. The molecule has 0 radical (unpaired) electrons. The Morgan fingerprint density at radius 3 is 2.42 bits per heavy atom. The van der Waals surface area contributed by atoms with Crippen molar-refractivity contribution in [3.63, 3.8) is 0 Å². The molecule has 0 saturated carbocycles. The second-order valence-corrected chi connectivity index (χ2v) is 5.62. The Morgan fingerprint density at radius 2 is 1.75 bits per heavy atom. The number of pyridine rings is 1. The summed E-state index contributed by atoms with van der Waals surface area (Å²) in [7, 11) is 0. The molecule has 0 fully saturated rings. The molecule has 0 spiro atoms. The summed E-state index contributed by atoms with van der Waals surface area (Å²) >= 11 is 0. The monoisotopic (exact) mass is 326 g/mol. The van der Waals surface area contributed by atoms with Crippen molar-refractivity contribution in [2.24, 2.45) is 0 Å². The number of carbonyl (C=O) groups excluding carboxylic acids is 2. The number of benzene rings is 1. The maximum atomic E-state index is 11.9. The zero-order valence-electron chi connectivity index (χ0n) is 13.9. The quantitative estimate of drug-likeness (QED) is 0.538. The zero-order valence-corrected chi connectivity index (χ0v) is 13.9. The number of rotatable bonds is 7. The smallest absolute Gasteiger partial charge is 0.233 e. The molecule has 0 saturated heterocycles. The van der Waals surface area contributed by atoms with Crippen molar-refractivity contribution in [1.29, 1.82) is 0 Å². The molecule has 24 heavy (non-hydrogen) atoms. The average Bonchev–Trinajstić information content (AvgIpc) is 2.51. The average molecular weight is 326 g/mol. The standard InChI is InChI=1S/C18H22N4O2/c1-13-8-14(2)10-16(9-13)22-18(24)11-17(23)21-7-6-20-15-4-3-5-19-12-15/h3-5,8-10,12,20H,6-7,11H2,1-2H3,(H,21,23)(H,22,24). The van der Waals surface area contributed by atoms with Gasteiger partial charge in [-0.25, -0.2) is 0 Å². The summed E-state index contributed by atoms with van der Waals surface area (Å²) in [5.74, 6) is -0.623. The van der Waals surface area contributed by atoms with Crippen LogP contribution < -0.4 is 16.0 Å². The van der Waals surface area contributed by atoms with Gasteiger partial charge in [0.15, 0.2) is 0 Å². The molecule has 0 atom stereocenters. The second kappa shape index (κ2) is 8.67. The van der Waals surface area contributed by atoms with Gasteiger partial charge in [-0.1, -0.05) is 6.07 Å². The Bertz CT molecular complexity index is 681. The highest BCUT2D eigenvalue weighted by Crippen LogP contribution is 2.13. The van der Waals surface area contributed by atoms with Gasteiger partial charge < -0.3 is 16.0 Å². The number of nitrogens with one attached hydrogen (secondary N) is 3. The molecule has 2 amide bonds. The van der Waals surface area contributed by atoms with Gasteiger partial charge in [0.2, 0.25) is 11.8 Å². The highest BCUT2D eigenvalue weighted by molar-refractivity contribution is 6.03. The molecule has 2 rings (SSSR count). The fourth-order valence-electron chi connectivity index (χ4n) is 2.34. The third kappa shape index (κ3) is 6.08. The molecule has 0 bridgehead atoms. The fourth-order valence-corrected chi connectivity index (χ4v) is 2.34. The predicted molar refractivity (Wildman–Crippen MR) is 94.9 cm³/mol. The van der Waals surface area contributed by atoms with Crippen molar-refractivity contribution in [3.8, 4) is 0 Å². The van der Waals surface area contributed by atoms with Gasteiger partial charge in [-0.3, -0.25) is 14.6 Å². The first-order valence-corrected chi connectivity index (χ1v) is 7.81. The molecule has 1 heterocycles. The molecule has 0 unspecified atom stereocenters. The lowest BCUT2D eigenvalue weighted by molar-refractivity contribution is -0.126. The number of carbonyl (C=O) groups is 2. The molecule has 2 aromatic rings. The Hall–Kier alpha value is -2.89. The summed E-state index contributed by atoms with van der Waals surface area (Å²) in [5, 5.41) is 8.58. The summed E-state index contributed by atoms with van der Waals surface area (Å²) in [4.78, 5) is 27.7. The van der Waals surface area contributed by atoms with Gasteiger partial charge in [0.25, 0.3) is 0 Å². The van der Waals surface area contributed by atoms with Crippen LogP contribution in [0.15, 0.2) is 42.7 Å². The highest BCUT2D eigenvalue weighted by Gasteiger charge is 2.09. The van der Waals surface area contributed by atoms with E-state index in [4.69, 9.17) is 0 Å². The van der Waals surface area contributed by atoms with Crippen molar-refractivity contribution in [1.82, 2.24) is 10.3 Å². The minimum atomic E-state index is -0.322. The Labute approximate surface area is 141 Å². The molecule has 126 valence electrons. The van der Waals surface area contributed by atoms with Gasteiger partial charge in [-0.2, -0.15) is 0 Å². The lowest BCUT2D eigenvalue weighted by Crippen LogP contribution is -2.31. The Kier molecular flexibility index (Phi) is 6.31. The molecule has 0 aliphatic carbocycles. The van der Waals surface area contributed by atoms with Crippen LogP contribution in [0.4, 0.5) is 11.4 Å². The van der Waals surface area contributed by atoms with Crippen LogP contribution in [0.2, 0.25) is 0 Å². The van der Waals surface area contributed by atoms with Crippen LogP contribution in [0.1, 0.15) is 17.5 Å². The molecule has 6 heteroatoms. The zero-order chi connectivity index (χ0) is 17.4. The van der Waals surface area contributed by atoms with Crippen molar-refractivity contribution in [2.45, 2.75) is 20.3 Å². The van der Waals surface area contributed by atoms with Crippen molar-refractivity contribution < 1.29 is 9.59 Å². The molecule has 6 nitrogen and oxygen atoms in total. The molecular formula is C18H22N4O2. The van der Waals surface area contributed by atoms with E-state index in [1.165, 1.54) is 0 Å². The lowest BCUT2D eigenvalue weighted by Gasteiger charge is -2.09. The third-order valence-corrected chi connectivity index (χ3v) is 3.26.